The Morgan fingerprint density at radius 2 is 1.82 bits per heavy atom. The fraction of sp³-hybridized carbons (Fsp3) is 0.348. The third-order valence-electron chi connectivity index (χ3n) is 5.49. The molecule has 0 aliphatic carbocycles. The molecule has 0 saturated carbocycles. The minimum atomic E-state index is -0.0435. The molecule has 3 aromatic rings. The molecule has 1 saturated heterocycles. The summed E-state index contributed by atoms with van der Waals surface area (Å²) in [6.45, 7) is 7.12. The normalized spacial score (nSPS) is 15.1. The molecule has 0 amide bonds. The molecular formula is C23H26N2O3. The number of hydrogen-bond donors (Lipinski definition) is 0. The second kappa shape index (κ2) is 8.07. The Bertz CT molecular complexity index is 1020. The van der Waals surface area contributed by atoms with Crippen molar-refractivity contribution in [1.29, 1.82) is 0 Å². The summed E-state index contributed by atoms with van der Waals surface area (Å²) in [4.78, 5) is 17.4. The number of benzene rings is 2. The number of fused-ring (bicyclic) bond motifs is 1. The van der Waals surface area contributed by atoms with Gasteiger partial charge in [-0.3, -0.25) is 9.69 Å². The number of rotatable bonds is 5. The Labute approximate surface area is 165 Å². The van der Waals surface area contributed by atoms with Crippen LogP contribution in [0.15, 0.2) is 57.7 Å². The summed E-state index contributed by atoms with van der Waals surface area (Å²) in [6.07, 6.45) is 0.729. The van der Waals surface area contributed by atoms with Crippen LogP contribution in [0, 0.1) is 6.92 Å². The Morgan fingerprint density at radius 3 is 2.57 bits per heavy atom. The van der Waals surface area contributed by atoms with Gasteiger partial charge in [-0.1, -0.05) is 24.3 Å². The van der Waals surface area contributed by atoms with Gasteiger partial charge in [-0.2, -0.15) is 0 Å². The highest BCUT2D eigenvalue weighted by molar-refractivity contribution is 5.83. The summed E-state index contributed by atoms with van der Waals surface area (Å²) in [5.74, 6) is 1.29. The monoisotopic (exact) mass is 378 g/mol. The van der Waals surface area contributed by atoms with Crippen molar-refractivity contribution >= 4 is 16.7 Å². The van der Waals surface area contributed by atoms with Gasteiger partial charge < -0.3 is 14.1 Å². The average molecular weight is 378 g/mol. The first-order valence-corrected chi connectivity index (χ1v) is 9.78. The lowest BCUT2D eigenvalue weighted by Crippen LogP contribution is -2.47. The zero-order valence-electron chi connectivity index (χ0n) is 16.5. The molecular weight excluding hydrogens is 352 g/mol. The van der Waals surface area contributed by atoms with Crippen molar-refractivity contribution in [1.82, 2.24) is 4.90 Å². The predicted molar refractivity (Wildman–Crippen MR) is 113 cm³/mol. The van der Waals surface area contributed by atoms with E-state index < -0.39 is 0 Å². The van der Waals surface area contributed by atoms with Crippen molar-refractivity contribution < 1.29 is 9.15 Å². The highest BCUT2D eigenvalue weighted by Gasteiger charge is 2.18. The maximum atomic E-state index is 12.5. The summed E-state index contributed by atoms with van der Waals surface area (Å²) in [7, 11) is 1.57. The molecule has 5 nitrogen and oxygen atoms in total. The smallest absolute Gasteiger partial charge is 0.196 e. The van der Waals surface area contributed by atoms with Crippen molar-refractivity contribution in [3.05, 3.63) is 70.1 Å². The molecule has 28 heavy (non-hydrogen) atoms. The number of ether oxygens (including phenoxy) is 1. The number of piperazine rings is 1. The van der Waals surface area contributed by atoms with E-state index in [1.54, 1.807) is 19.2 Å². The summed E-state index contributed by atoms with van der Waals surface area (Å²) >= 11 is 0. The zero-order valence-corrected chi connectivity index (χ0v) is 16.5. The van der Waals surface area contributed by atoms with E-state index in [2.05, 4.69) is 41.0 Å². The van der Waals surface area contributed by atoms with Gasteiger partial charge in [-0.15, -0.1) is 0 Å². The molecule has 0 unspecified atom stereocenters. The lowest BCUT2D eigenvalue weighted by molar-refractivity contribution is 0.255. The van der Waals surface area contributed by atoms with Crippen LogP contribution < -0.4 is 15.1 Å². The molecule has 4 rings (SSSR count). The number of anilines is 1. The van der Waals surface area contributed by atoms with Gasteiger partial charge in [0.1, 0.15) is 22.5 Å². The molecule has 0 N–H and O–H groups in total. The predicted octanol–water partition coefficient (Wildman–Crippen LogP) is 3.47. The minimum Gasteiger partial charge on any atom is -0.496 e. The van der Waals surface area contributed by atoms with Crippen LogP contribution in [-0.2, 0) is 6.42 Å². The van der Waals surface area contributed by atoms with Gasteiger partial charge in [0.2, 0.25) is 0 Å². The van der Waals surface area contributed by atoms with Gasteiger partial charge in [0.25, 0.3) is 0 Å². The van der Waals surface area contributed by atoms with Crippen molar-refractivity contribution in [3.8, 4) is 5.75 Å². The van der Waals surface area contributed by atoms with E-state index in [9.17, 15) is 4.79 Å². The Kier molecular flexibility index (Phi) is 5.35. The quantitative estimate of drug-likeness (QED) is 0.680. The van der Waals surface area contributed by atoms with E-state index in [0.29, 0.717) is 16.7 Å². The highest BCUT2D eigenvalue weighted by atomic mass is 16.5. The zero-order chi connectivity index (χ0) is 19.5. The van der Waals surface area contributed by atoms with Gasteiger partial charge in [0, 0.05) is 50.9 Å². The standard InChI is InChI=1S/C23H26N2O3/c1-17-6-3-4-7-19(17)25-14-12-24(13-15-25)11-10-18-16-20(26)23-21(27-2)8-5-9-22(23)28-18/h3-9,16H,10-15H2,1-2H3. The third-order valence-corrected chi connectivity index (χ3v) is 5.49. The SMILES string of the molecule is COc1cccc2oc(CCN3CCN(c4ccccc4C)CC3)cc(=O)c12. The molecule has 1 aromatic heterocycles. The fourth-order valence-electron chi connectivity index (χ4n) is 3.92. The molecule has 5 heteroatoms. The molecule has 0 atom stereocenters. The van der Waals surface area contributed by atoms with E-state index in [1.807, 2.05) is 12.1 Å². The second-order valence-electron chi connectivity index (χ2n) is 7.28. The lowest BCUT2D eigenvalue weighted by Gasteiger charge is -2.36. The first-order valence-electron chi connectivity index (χ1n) is 9.78. The Morgan fingerprint density at radius 1 is 1.04 bits per heavy atom. The van der Waals surface area contributed by atoms with E-state index in [-0.39, 0.29) is 5.43 Å². The number of nitrogens with zero attached hydrogens (tertiary/aromatic N) is 2. The second-order valence-corrected chi connectivity index (χ2v) is 7.28. The summed E-state index contributed by atoms with van der Waals surface area (Å²) < 4.78 is 11.3. The molecule has 1 aliphatic heterocycles. The minimum absolute atomic E-state index is 0.0435. The summed E-state index contributed by atoms with van der Waals surface area (Å²) in [5, 5.41) is 0.514. The molecule has 2 aromatic carbocycles. The van der Waals surface area contributed by atoms with Crippen molar-refractivity contribution in [3.63, 3.8) is 0 Å². The van der Waals surface area contributed by atoms with Crippen LogP contribution in [0.5, 0.6) is 5.75 Å². The van der Waals surface area contributed by atoms with Crippen molar-refractivity contribution in [2.24, 2.45) is 0 Å². The first kappa shape index (κ1) is 18.6. The molecule has 0 bridgehead atoms. The maximum Gasteiger partial charge on any atom is 0.196 e. The van der Waals surface area contributed by atoms with Gasteiger partial charge in [0.05, 0.1) is 7.11 Å². The number of aryl methyl sites for hydroxylation is 1. The third kappa shape index (κ3) is 3.76. The van der Waals surface area contributed by atoms with Crippen molar-refractivity contribution in [2.45, 2.75) is 13.3 Å². The average Bonchev–Trinajstić information content (AvgIpc) is 2.72. The molecule has 146 valence electrons. The summed E-state index contributed by atoms with van der Waals surface area (Å²) in [6, 6.07) is 15.6. The van der Waals surface area contributed by atoms with Crippen LogP contribution >= 0.6 is 0 Å². The number of para-hydroxylation sites is 1. The van der Waals surface area contributed by atoms with E-state index >= 15 is 0 Å². The van der Waals surface area contributed by atoms with E-state index in [4.69, 9.17) is 9.15 Å². The molecule has 0 spiro atoms. The van der Waals surface area contributed by atoms with Crippen molar-refractivity contribution in [2.75, 3.05) is 44.7 Å². The van der Waals surface area contributed by atoms with Gasteiger partial charge in [-0.25, -0.2) is 0 Å². The molecule has 1 fully saturated rings. The Hall–Kier alpha value is -2.79. The van der Waals surface area contributed by atoms with Crippen LogP contribution in [0.2, 0.25) is 0 Å². The Balaban J connectivity index is 1.39. The topological polar surface area (TPSA) is 45.9 Å². The lowest BCUT2D eigenvalue weighted by atomic mass is 10.1. The summed E-state index contributed by atoms with van der Waals surface area (Å²) in [5.41, 5.74) is 3.20. The van der Waals surface area contributed by atoms with Crippen LogP contribution in [0.1, 0.15) is 11.3 Å². The number of methoxy groups -OCH3 is 1. The fourth-order valence-corrected chi connectivity index (χ4v) is 3.92. The molecule has 1 aliphatic rings. The van der Waals surface area contributed by atoms with Gasteiger partial charge in [-0.05, 0) is 30.7 Å². The molecule has 2 heterocycles. The highest BCUT2D eigenvalue weighted by Crippen LogP contribution is 2.23. The van der Waals surface area contributed by atoms with Crippen LogP contribution in [0.3, 0.4) is 0 Å². The molecule has 0 radical (unpaired) electrons. The van der Waals surface area contributed by atoms with Crippen LogP contribution in [0.25, 0.3) is 11.0 Å². The van der Waals surface area contributed by atoms with Gasteiger partial charge >= 0.3 is 0 Å². The first-order chi connectivity index (χ1) is 13.7. The number of hydrogen-bond acceptors (Lipinski definition) is 5. The van der Waals surface area contributed by atoms with Crippen LogP contribution in [0.4, 0.5) is 5.69 Å². The van der Waals surface area contributed by atoms with E-state index in [1.165, 1.54) is 11.3 Å². The van der Waals surface area contributed by atoms with E-state index in [0.717, 1.165) is 44.9 Å². The van der Waals surface area contributed by atoms with Gasteiger partial charge in [0.15, 0.2) is 5.43 Å². The maximum absolute atomic E-state index is 12.5. The largest absolute Gasteiger partial charge is 0.496 e. The van der Waals surface area contributed by atoms with Crippen LogP contribution in [-0.4, -0.2) is 44.7 Å².